The lowest BCUT2D eigenvalue weighted by Gasteiger charge is -2.16. The smallest absolute Gasteiger partial charge is 0.309 e. The van der Waals surface area contributed by atoms with Crippen molar-refractivity contribution < 1.29 is 0 Å². The number of hydrogen-bond acceptors (Lipinski definition) is 2. The predicted octanol–water partition coefficient (Wildman–Crippen LogP) is 12.9. The van der Waals surface area contributed by atoms with Crippen LogP contribution in [-0.2, 0) is 0 Å². The van der Waals surface area contributed by atoms with Crippen LogP contribution in [0.2, 0.25) is 0 Å². The molecule has 0 aliphatic carbocycles. The fourth-order valence-electron chi connectivity index (χ4n) is 9.31. The van der Waals surface area contributed by atoms with Crippen LogP contribution in [0.1, 0.15) is 16.7 Å². The molecule has 11 aromatic rings. The summed E-state index contributed by atoms with van der Waals surface area (Å²) in [6.07, 6.45) is 0. The van der Waals surface area contributed by atoms with Gasteiger partial charge in [-0.15, -0.1) is 0 Å². The van der Waals surface area contributed by atoms with Crippen molar-refractivity contribution in [2.24, 2.45) is 4.99 Å². The zero-order chi connectivity index (χ0) is 40.3. The van der Waals surface area contributed by atoms with Gasteiger partial charge < -0.3 is 4.57 Å². The second-order valence-corrected chi connectivity index (χ2v) is 15.6. The first-order valence-electron chi connectivity index (χ1n) is 20.7. The first-order chi connectivity index (χ1) is 30.3. The van der Waals surface area contributed by atoms with Crippen LogP contribution in [0.5, 0.6) is 0 Å². The van der Waals surface area contributed by atoms with E-state index < -0.39 is 0 Å². The molecule has 2 heterocycles. The van der Waals surface area contributed by atoms with Gasteiger partial charge in [-0.25, -0.2) is 9.98 Å². The molecule has 284 valence electrons. The monoisotopic (exact) mass is 777 g/mol. The molecule has 0 saturated carbocycles. The number of aromatic nitrogens is 1. The van der Waals surface area contributed by atoms with Gasteiger partial charge in [-0.05, 0) is 110 Å². The fourth-order valence-corrected chi connectivity index (χ4v) is 9.31. The van der Waals surface area contributed by atoms with Gasteiger partial charge in [0.05, 0.1) is 27.7 Å². The van der Waals surface area contributed by atoms with Crippen LogP contribution < -0.4 is 9.98 Å². The summed E-state index contributed by atoms with van der Waals surface area (Å²) in [7, 11) is 0. The number of rotatable bonds is 6. The van der Waals surface area contributed by atoms with E-state index in [0.29, 0.717) is 5.84 Å². The van der Waals surface area contributed by atoms with E-state index in [2.05, 4.69) is 192 Å². The van der Waals surface area contributed by atoms with Crippen LogP contribution in [0.15, 0.2) is 223 Å². The molecule has 4 nitrogen and oxygen atoms in total. The van der Waals surface area contributed by atoms with Gasteiger partial charge in [0.15, 0.2) is 0 Å². The number of nitrogens with zero attached hydrogens (tertiary/aromatic N) is 3. The molecule has 0 fully saturated rings. The molecule has 0 spiro atoms. The van der Waals surface area contributed by atoms with E-state index >= 15 is 0 Å². The maximum Gasteiger partial charge on any atom is 0.360 e. The van der Waals surface area contributed by atoms with E-state index in [1.54, 1.807) is 0 Å². The Morgan fingerprint density at radius 1 is 0.377 bits per heavy atom. The van der Waals surface area contributed by atoms with Crippen LogP contribution in [0.25, 0.3) is 82.1 Å². The first kappa shape index (κ1) is 34.7. The normalized spacial score (nSPS) is 12.8. The fraction of sp³-hybridized carbons (Fsp3) is 0. The van der Waals surface area contributed by atoms with E-state index in [1.165, 1.54) is 32.3 Å². The lowest BCUT2D eigenvalue weighted by atomic mass is 9.94. The van der Waals surface area contributed by atoms with E-state index in [-0.39, 0.29) is 0 Å². The molecule has 1 aliphatic heterocycles. The van der Waals surface area contributed by atoms with Crippen molar-refractivity contribution in [2.75, 3.05) is 0 Å². The standard InChI is InChI=1S/C57H36N4/c1-5-18-37(19-6-1)41-34-49(38-20-7-2-8-21-38)54-51(35-41)53-48(57-59-55(39-22-9-3-10-23-39)58-56(60-57)40-24-11-4-12-25-40)30-17-31-52(53)61(54)42-32-33-47-45-28-14-13-26-43(45)44-27-15-16-29-46(44)50(47)36-42/h1-36H/p+1. The zero-order valence-electron chi connectivity index (χ0n) is 33.1. The topological polar surface area (TPSA) is 43.4 Å². The van der Waals surface area contributed by atoms with Crippen molar-refractivity contribution in [2.45, 2.75) is 0 Å². The Bertz CT molecular complexity index is 3580. The Balaban J connectivity index is 1.20. The highest BCUT2D eigenvalue weighted by molar-refractivity contribution is 6.30. The Morgan fingerprint density at radius 2 is 0.918 bits per heavy atom. The molecule has 4 heteroatoms. The van der Waals surface area contributed by atoms with Crippen molar-refractivity contribution in [3.8, 4) is 27.9 Å². The molecule has 0 amide bonds. The zero-order valence-corrected chi connectivity index (χ0v) is 33.1. The molecular weight excluding hydrogens is 741 g/mol. The van der Waals surface area contributed by atoms with Crippen molar-refractivity contribution in [1.29, 1.82) is 0 Å². The highest BCUT2D eigenvalue weighted by Gasteiger charge is 2.30. The SMILES string of the molecule is c1ccc(C2=[N+]=C(c3ccccc3)NC(c3cccc4c3c3cc(-c5ccccc5)cc(-c5ccccc5)c3n4-c3ccc4c5ccccc5c5ccccc5c4c3)=N2)cc1. The minimum Gasteiger partial charge on any atom is -0.309 e. The van der Waals surface area contributed by atoms with Gasteiger partial charge >= 0.3 is 11.7 Å². The molecule has 1 aromatic heterocycles. The second kappa shape index (κ2) is 14.2. The van der Waals surface area contributed by atoms with E-state index in [4.69, 9.17) is 9.66 Å². The summed E-state index contributed by atoms with van der Waals surface area (Å²) in [5.41, 5.74) is 10.9. The molecule has 0 radical (unpaired) electrons. The molecule has 1 aliphatic rings. The molecule has 0 atom stereocenters. The summed E-state index contributed by atoms with van der Waals surface area (Å²) in [5, 5.41) is 13.5. The number of fused-ring (bicyclic) bond motifs is 9. The third-order valence-corrected chi connectivity index (χ3v) is 12.1. The highest BCUT2D eigenvalue weighted by atomic mass is 15.1. The Hall–Kier alpha value is -8.30. The van der Waals surface area contributed by atoms with E-state index in [9.17, 15) is 0 Å². The summed E-state index contributed by atoms with van der Waals surface area (Å²) < 4.78 is 7.58. The summed E-state index contributed by atoms with van der Waals surface area (Å²) in [6, 6.07) is 78.1. The van der Waals surface area contributed by atoms with Gasteiger partial charge in [0.2, 0.25) is 0 Å². The molecule has 0 bridgehead atoms. The summed E-state index contributed by atoms with van der Waals surface area (Å²) >= 11 is 0. The average Bonchev–Trinajstić information content (AvgIpc) is 3.69. The van der Waals surface area contributed by atoms with Crippen molar-refractivity contribution in [1.82, 2.24) is 14.6 Å². The van der Waals surface area contributed by atoms with Gasteiger partial charge in [-0.3, -0.25) is 0 Å². The molecule has 0 unspecified atom stereocenters. The maximum atomic E-state index is 5.33. The summed E-state index contributed by atoms with van der Waals surface area (Å²) in [4.78, 5) is 5.33. The third-order valence-electron chi connectivity index (χ3n) is 12.1. The van der Waals surface area contributed by atoms with Gasteiger partial charge in [-0.1, -0.05) is 163 Å². The molecule has 1 N–H and O–H groups in total. The largest absolute Gasteiger partial charge is 0.360 e. The molecule has 10 aromatic carbocycles. The molecule has 61 heavy (non-hydrogen) atoms. The van der Waals surface area contributed by atoms with Gasteiger partial charge in [-0.2, -0.15) is 0 Å². The highest BCUT2D eigenvalue weighted by Crippen LogP contribution is 2.44. The first-order valence-corrected chi connectivity index (χ1v) is 20.7. The Kier molecular flexibility index (Phi) is 8.09. The number of aliphatic imine (C=N–C) groups is 1. The minimum atomic E-state index is 0.664. The second-order valence-electron chi connectivity index (χ2n) is 15.6. The molecule has 0 saturated heterocycles. The molecular formula is C57H37N4+. The lowest BCUT2D eigenvalue weighted by Crippen LogP contribution is -2.38. The third kappa shape index (κ3) is 5.78. The Morgan fingerprint density at radius 3 is 1.56 bits per heavy atom. The van der Waals surface area contributed by atoms with Crippen LogP contribution >= 0.6 is 0 Å². The quantitative estimate of drug-likeness (QED) is 0.133. The van der Waals surface area contributed by atoms with Gasteiger partial charge in [0.1, 0.15) is 0 Å². The van der Waals surface area contributed by atoms with Crippen LogP contribution in [0.4, 0.5) is 0 Å². The summed E-state index contributed by atoms with van der Waals surface area (Å²) in [5.74, 6) is 2.17. The number of amidine groups is 3. The number of nitrogens with one attached hydrogen (secondary N) is 1. The van der Waals surface area contributed by atoms with Crippen LogP contribution in [0.3, 0.4) is 0 Å². The minimum absolute atomic E-state index is 0.664. The number of benzene rings is 10. The van der Waals surface area contributed by atoms with Crippen LogP contribution in [0, 0.1) is 0 Å². The lowest BCUT2D eigenvalue weighted by molar-refractivity contribution is 1.19. The maximum absolute atomic E-state index is 5.33. The van der Waals surface area contributed by atoms with Gasteiger partial charge in [0.25, 0.3) is 5.84 Å². The van der Waals surface area contributed by atoms with Crippen molar-refractivity contribution >= 4 is 71.6 Å². The van der Waals surface area contributed by atoms with Gasteiger partial charge in [0, 0.05) is 22.0 Å². The molecule has 12 rings (SSSR count). The van der Waals surface area contributed by atoms with Crippen LogP contribution in [-0.4, -0.2) is 22.1 Å². The predicted molar refractivity (Wildman–Crippen MR) is 257 cm³/mol. The van der Waals surface area contributed by atoms with E-state index in [0.717, 1.165) is 78.1 Å². The van der Waals surface area contributed by atoms with E-state index in [1.807, 2.05) is 36.4 Å². The average molecular weight is 778 g/mol. The van der Waals surface area contributed by atoms with Crippen molar-refractivity contribution in [3.63, 3.8) is 0 Å². The summed E-state index contributed by atoms with van der Waals surface area (Å²) in [6.45, 7) is 0. The number of hydrogen-bond donors (Lipinski definition) is 1. The van der Waals surface area contributed by atoms with Crippen molar-refractivity contribution in [3.05, 3.63) is 235 Å². The Labute approximate surface area is 352 Å².